The normalized spacial score (nSPS) is 17.0. The third-order valence-corrected chi connectivity index (χ3v) is 4.76. The number of rotatable bonds is 2. The molecule has 7 nitrogen and oxygen atoms in total. The van der Waals surface area contributed by atoms with Gasteiger partial charge in [-0.15, -0.1) is 0 Å². The fraction of sp³-hybridized carbons (Fsp3) is 0.412. The standard InChI is InChI=1S/C17H21N3O4/c1-10-11(2)24-14-4-3-12(9-13(10)14)19-16(22)20-7-5-17(23,6-8-20)15(18)21/h3-4,9,23H,5-8H2,1-2H3,(H2,18,21)(H,19,22). The third-order valence-electron chi connectivity index (χ3n) is 4.76. The van der Waals surface area contributed by atoms with Crippen molar-refractivity contribution in [2.45, 2.75) is 32.3 Å². The molecular formula is C17H21N3O4. The first-order valence-corrected chi connectivity index (χ1v) is 7.88. The highest BCUT2D eigenvalue weighted by Gasteiger charge is 2.38. The minimum Gasteiger partial charge on any atom is -0.461 e. The molecule has 1 aromatic heterocycles. The van der Waals surface area contributed by atoms with Gasteiger partial charge in [-0.3, -0.25) is 4.79 Å². The van der Waals surface area contributed by atoms with Gasteiger partial charge in [-0.1, -0.05) is 0 Å². The summed E-state index contributed by atoms with van der Waals surface area (Å²) in [5, 5.41) is 13.9. The van der Waals surface area contributed by atoms with Crippen molar-refractivity contribution in [1.29, 1.82) is 0 Å². The van der Waals surface area contributed by atoms with Crippen LogP contribution >= 0.6 is 0 Å². The molecular weight excluding hydrogens is 310 g/mol. The van der Waals surface area contributed by atoms with Crippen molar-refractivity contribution in [2.75, 3.05) is 18.4 Å². The number of furan rings is 1. The maximum absolute atomic E-state index is 12.4. The molecule has 4 N–H and O–H groups in total. The molecule has 128 valence electrons. The lowest BCUT2D eigenvalue weighted by Gasteiger charge is -2.35. The maximum atomic E-state index is 12.4. The summed E-state index contributed by atoms with van der Waals surface area (Å²) in [6, 6.07) is 5.22. The highest BCUT2D eigenvalue weighted by molar-refractivity contribution is 5.93. The van der Waals surface area contributed by atoms with E-state index >= 15 is 0 Å². The number of nitrogens with zero attached hydrogens (tertiary/aromatic N) is 1. The van der Waals surface area contributed by atoms with Crippen LogP contribution in [-0.2, 0) is 4.79 Å². The number of fused-ring (bicyclic) bond motifs is 1. The molecule has 3 amide bonds. The van der Waals surface area contributed by atoms with Gasteiger partial charge in [-0.2, -0.15) is 0 Å². The predicted octanol–water partition coefficient (Wildman–Crippen LogP) is 1.89. The molecule has 1 aliphatic rings. The van der Waals surface area contributed by atoms with Crippen molar-refractivity contribution in [3.63, 3.8) is 0 Å². The lowest BCUT2D eigenvalue weighted by atomic mass is 9.91. The van der Waals surface area contributed by atoms with Crippen LogP contribution in [0.25, 0.3) is 11.0 Å². The summed E-state index contributed by atoms with van der Waals surface area (Å²) < 4.78 is 5.63. The minimum absolute atomic E-state index is 0.148. The number of nitrogens with one attached hydrogen (secondary N) is 1. The van der Waals surface area contributed by atoms with E-state index in [2.05, 4.69) is 5.32 Å². The maximum Gasteiger partial charge on any atom is 0.321 e. The molecule has 0 saturated carbocycles. The van der Waals surface area contributed by atoms with Crippen molar-refractivity contribution in [3.8, 4) is 0 Å². The van der Waals surface area contributed by atoms with Gasteiger partial charge in [0.15, 0.2) is 0 Å². The van der Waals surface area contributed by atoms with Crippen molar-refractivity contribution < 1.29 is 19.1 Å². The fourth-order valence-electron chi connectivity index (χ4n) is 2.95. The Morgan fingerprint density at radius 3 is 2.58 bits per heavy atom. The second kappa shape index (κ2) is 5.83. The molecule has 1 aliphatic heterocycles. The predicted molar refractivity (Wildman–Crippen MR) is 89.7 cm³/mol. The Morgan fingerprint density at radius 1 is 1.29 bits per heavy atom. The van der Waals surface area contributed by atoms with Gasteiger partial charge in [0.25, 0.3) is 0 Å². The van der Waals surface area contributed by atoms with E-state index < -0.39 is 11.5 Å². The molecule has 0 spiro atoms. The lowest BCUT2D eigenvalue weighted by molar-refractivity contribution is -0.140. The van der Waals surface area contributed by atoms with Crippen LogP contribution in [0.2, 0.25) is 0 Å². The second-order valence-corrected chi connectivity index (χ2v) is 6.31. The van der Waals surface area contributed by atoms with Gasteiger partial charge in [-0.25, -0.2) is 4.79 Å². The van der Waals surface area contributed by atoms with Crippen LogP contribution in [0.3, 0.4) is 0 Å². The molecule has 2 heterocycles. The minimum atomic E-state index is -1.51. The Morgan fingerprint density at radius 2 is 1.96 bits per heavy atom. The molecule has 1 fully saturated rings. The van der Waals surface area contributed by atoms with Gasteiger partial charge in [0, 0.05) is 37.0 Å². The number of urea groups is 1. The molecule has 0 radical (unpaired) electrons. The number of aliphatic hydroxyl groups is 1. The summed E-state index contributed by atoms with van der Waals surface area (Å²) in [5.74, 6) is 0.119. The average Bonchev–Trinajstić information content (AvgIpc) is 2.83. The number of carbonyl (C=O) groups excluding carboxylic acids is 2. The van der Waals surface area contributed by atoms with E-state index in [1.54, 1.807) is 11.0 Å². The van der Waals surface area contributed by atoms with Crippen molar-refractivity contribution in [2.24, 2.45) is 5.73 Å². The summed E-state index contributed by atoms with van der Waals surface area (Å²) in [6.45, 7) is 4.43. The third kappa shape index (κ3) is 2.82. The molecule has 0 atom stereocenters. The van der Waals surface area contributed by atoms with E-state index in [0.29, 0.717) is 5.69 Å². The lowest BCUT2D eigenvalue weighted by Crippen LogP contribution is -2.54. The van der Waals surface area contributed by atoms with Gasteiger partial charge in [-0.05, 0) is 37.6 Å². The quantitative estimate of drug-likeness (QED) is 0.780. The van der Waals surface area contributed by atoms with Gasteiger partial charge >= 0.3 is 6.03 Å². The zero-order chi connectivity index (χ0) is 17.5. The van der Waals surface area contributed by atoms with Crippen LogP contribution < -0.4 is 11.1 Å². The Bertz CT molecular complexity index is 804. The summed E-state index contributed by atoms with van der Waals surface area (Å²) in [4.78, 5) is 25.2. The number of carbonyl (C=O) groups is 2. The van der Waals surface area contributed by atoms with E-state index in [-0.39, 0.29) is 32.0 Å². The monoisotopic (exact) mass is 331 g/mol. The summed E-state index contributed by atoms with van der Waals surface area (Å²) >= 11 is 0. The Labute approximate surface area is 139 Å². The number of amides is 3. The SMILES string of the molecule is Cc1oc2ccc(NC(=O)N3CCC(O)(C(N)=O)CC3)cc2c1C. The van der Waals surface area contributed by atoms with Crippen LogP contribution in [0, 0.1) is 13.8 Å². The number of benzene rings is 1. The highest BCUT2D eigenvalue weighted by Crippen LogP contribution is 2.28. The molecule has 3 rings (SSSR count). The number of hydrogen-bond donors (Lipinski definition) is 3. The summed E-state index contributed by atoms with van der Waals surface area (Å²) in [6.07, 6.45) is 0.295. The first-order chi connectivity index (χ1) is 11.3. The van der Waals surface area contributed by atoms with Gasteiger partial charge in [0.05, 0.1) is 0 Å². The second-order valence-electron chi connectivity index (χ2n) is 6.31. The number of nitrogens with two attached hydrogens (primary N) is 1. The first-order valence-electron chi connectivity index (χ1n) is 7.88. The van der Waals surface area contributed by atoms with Gasteiger partial charge < -0.3 is 25.5 Å². The van der Waals surface area contributed by atoms with Gasteiger partial charge in [0.1, 0.15) is 16.9 Å². The molecule has 0 unspecified atom stereocenters. The zero-order valence-electron chi connectivity index (χ0n) is 13.8. The number of primary amides is 1. The van der Waals surface area contributed by atoms with Crippen LogP contribution in [0.5, 0.6) is 0 Å². The number of aryl methyl sites for hydroxylation is 2. The van der Waals surface area contributed by atoms with Crippen molar-refractivity contribution >= 4 is 28.6 Å². The molecule has 7 heteroatoms. The summed E-state index contributed by atoms with van der Waals surface area (Å²) in [7, 11) is 0. The van der Waals surface area contributed by atoms with Crippen LogP contribution in [0.4, 0.5) is 10.5 Å². The fourth-order valence-corrected chi connectivity index (χ4v) is 2.95. The highest BCUT2D eigenvalue weighted by atomic mass is 16.3. The first kappa shape index (κ1) is 16.3. The van der Waals surface area contributed by atoms with E-state index in [4.69, 9.17) is 10.2 Å². The largest absolute Gasteiger partial charge is 0.461 e. The van der Waals surface area contributed by atoms with E-state index in [1.807, 2.05) is 26.0 Å². The van der Waals surface area contributed by atoms with Crippen LogP contribution in [0.15, 0.2) is 22.6 Å². The Hall–Kier alpha value is -2.54. The summed E-state index contributed by atoms with van der Waals surface area (Å²) in [5.41, 5.74) is 6.19. The smallest absolute Gasteiger partial charge is 0.321 e. The number of hydrogen-bond acceptors (Lipinski definition) is 4. The number of likely N-dealkylation sites (tertiary alicyclic amines) is 1. The van der Waals surface area contributed by atoms with Crippen molar-refractivity contribution in [1.82, 2.24) is 4.90 Å². The van der Waals surface area contributed by atoms with E-state index in [9.17, 15) is 14.7 Å². The van der Waals surface area contributed by atoms with E-state index in [1.165, 1.54) is 0 Å². The topological polar surface area (TPSA) is 109 Å². The molecule has 24 heavy (non-hydrogen) atoms. The van der Waals surface area contributed by atoms with Crippen LogP contribution in [0.1, 0.15) is 24.2 Å². The molecule has 2 aromatic rings. The van der Waals surface area contributed by atoms with Crippen molar-refractivity contribution in [3.05, 3.63) is 29.5 Å². The molecule has 0 aliphatic carbocycles. The van der Waals surface area contributed by atoms with Gasteiger partial charge in [0.2, 0.25) is 5.91 Å². The van der Waals surface area contributed by atoms with Crippen LogP contribution in [-0.4, -0.2) is 40.6 Å². The Kier molecular flexibility index (Phi) is 3.96. The molecule has 1 saturated heterocycles. The number of anilines is 1. The molecule has 0 bridgehead atoms. The Balaban J connectivity index is 1.69. The molecule has 1 aromatic carbocycles. The van der Waals surface area contributed by atoms with E-state index in [0.717, 1.165) is 22.3 Å². The zero-order valence-corrected chi connectivity index (χ0v) is 13.8. The number of piperidine rings is 1. The average molecular weight is 331 g/mol.